The van der Waals surface area contributed by atoms with Crippen molar-refractivity contribution >= 4 is 0 Å². The molecule has 0 aliphatic carbocycles. The van der Waals surface area contributed by atoms with Crippen molar-refractivity contribution in [1.82, 2.24) is 14.8 Å². The van der Waals surface area contributed by atoms with E-state index in [2.05, 4.69) is 17.0 Å². The van der Waals surface area contributed by atoms with Gasteiger partial charge in [-0.1, -0.05) is 0 Å². The molecule has 0 spiro atoms. The van der Waals surface area contributed by atoms with Gasteiger partial charge in [0.1, 0.15) is 11.8 Å². The third-order valence-electron chi connectivity index (χ3n) is 3.20. The second kappa shape index (κ2) is 5.63. The first-order valence-electron chi connectivity index (χ1n) is 6.23. The molecule has 0 amide bonds. The van der Waals surface area contributed by atoms with Crippen LogP contribution in [0.1, 0.15) is 28.2 Å². The molecule has 98 valence electrons. The van der Waals surface area contributed by atoms with E-state index in [1.165, 1.54) is 5.56 Å². The van der Waals surface area contributed by atoms with Gasteiger partial charge in [0.25, 0.3) is 0 Å². The van der Waals surface area contributed by atoms with Crippen molar-refractivity contribution in [2.24, 2.45) is 5.73 Å². The quantitative estimate of drug-likeness (QED) is 0.893. The van der Waals surface area contributed by atoms with Crippen LogP contribution in [-0.2, 0) is 13.0 Å². The fourth-order valence-electron chi connectivity index (χ4n) is 2.20. The zero-order chi connectivity index (χ0) is 13.8. The number of nitriles is 1. The monoisotopic (exact) mass is 255 g/mol. The molecule has 5 heteroatoms. The number of aromatic nitrogens is 3. The van der Waals surface area contributed by atoms with Gasteiger partial charge < -0.3 is 5.73 Å². The van der Waals surface area contributed by atoms with Gasteiger partial charge >= 0.3 is 0 Å². The fraction of sp³-hybridized carbons (Fsp3) is 0.357. The van der Waals surface area contributed by atoms with Crippen LogP contribution in [0.5, 0.6) is 0 Å². The number of aryl methyl sites for hydroxylation is 1. The second-order valence-electron chi connectivity index (χ2n) is 4.51. The first-order chi connectivity index (χ1) is 9.15. The molecule has 0 saturated carbocycles. The predicted octanol–water partition coefficient (Wildman–Crippen LogP) is 1.32. The van der Waals surface area contributed by atoms with E-state index in [0.717, 1.165) is 23.4 Å². The minimum atomic E-state index is 0.432. The number of pyridine rings is 1. The molecular weight excluding hydrogens is 238 g/mol. The molecule has 5 nitrogen and oxygen atoms in total. The highest BCUT2D eigenvalue weighted by atomic mass is 15.3. The molecule has 0 bridgehead atoms. The van der Waals surface area contributed by atoms with E-state index in [4.69, 9.17) is 11.0 Å². The van der Waals surface area contributed by atoms with Crippen LogP contribution in [-0.4, -0.2) is 21.3 Å². The first-order valence-corrected chi connectivity index (χ1v) is 6.23. The minimum absolute atomic E-state index is 0.432. The summed E-state index contributed by atoms with van der Waals surface area (Å²) in [5, 5.41) is 13.4. The van der Waals surface area contributed by atoms with Gasteiger partial charge in [0.15, 0.2) is 0 Å². The average molecular weight is 255 g/mol. The maximum absolute atomic E-state index is 8.85. The highest BCUT2D eigenvalue weighted by Crippen LogP contribution is 2.15. The van der Waals surface area contributed by atoms with Crippen LogP contribution in [0.15, 0.2) is 18.3 Å². The second-order valence-corrected chi connectivity index (χ2v) is 4.51. The van der Waals surface area contributed by atoms with Crippen LogP contribution in [0.2, 0.25) is 0 Å². The zero-order valence-corrected chi connectivity index (χ0v) is 11.2. The van der Waals surface area contributed by atoms with E-state index >= 15 is 0 Å². The Morgan fingerprint density at radius 2 is 2.21 bits per heavy atom. The van der Waals surface area contributed by atoms with Crippen molar-refractivity contribution in [1.29, 1.82) is 5.26 Å². The number of hydrogen-bond acceptors (Lipinski definition) is 4. The Hall–Kier alpha value is -2.19. The third kappa shape index (κ3) is 2.80. The van der Waals surface area contributed by atoms with Gasteiger partial charge in [0.05, 0.1) is 12.2 Å². The van der Waals surface area contributed by atoms with Crippen molar-refractivity contribution < 1.29 is 0 Å². The summed E-state index contributed by atoms with van der Waals surface area (Å²) >= 11 is 0. The van der Waals surface area contributed by atoms with Gasteiger partial charge in [-0.25, -0.2) is 4.98 Å². The summed E-state index contributed by atoms with van der Waals surface area (Å²) in [5.74, 6) is 0. The molecular formula is C14H17N5. The summed E-state index contributed by atoms with van der Waals surface area (Å²) in [5.41, 5.74) is 10.5. The molecule has 0 saturated heterocycles. The number of nitrogens with two attached hydrogens (primary N) is 1. The molecule has 0 radical (unpaired) electrons. The Morgan fingerprint density at radius 3 is 2.89 bits per heavy atom. The highest BCUT2D eigenvalue weighted by molar-refractivity contribution is 5.28. The van der Waals surface area contributed by atoms with Gasteiger partial charge in [0, 0.05) is 11.9 Å². The van der Waals surface area contributed by atoms with E-state index in [9.17, 15) is 0 Å². The lowest BCUT2D eigenvalue weighted by Gasteiger charge is -2.05. The lowest BCUT2D eigenvalue weighted by atomic mass is 10.1. The smallest absolute Gasteiger partial charge is 0.140 e. The van der Waals surface area contributed by atoms with Crippen LogP contribution in [0.3, 0.4) is 0 Å². The lowest BCUT2D eigenvalue weighted by Crippen LogP contribution is -2.07. The van der Waals surface area contributed by atoms with Crippen molar-refractivity contribution in [2.45, 2.75) is 26.8 Å². The van der Waals surface area contributed by atoms with E-state index in [0.29, 0.717) is 18.8 Å². The Labute approximate surface area is 112 Å². The molecule has 0 fully saturated rings. The molecule has 2 aromatic heterocycles. The maximum Gasteiger partial charge on any atom is 0.140 e. The topological polar surface area (TPSA) is 80.5 Å². The van der Waals surface area contributed by atoms with Crippen LogP contribution in [0.4, 0.5) is 0 Å². The van der Waals surface area contributed by atoms with Crippen LogP contribution in [0, 0.1) is 25.2 Å². The van der Waals surface area contributed by atoms with Gasteiger partial charge in [0.2, 0.25) is 0 Å². The van der Waals surface area contributed by atoms with E-state index in [-0.39, 0.29) is 0 Å². The van der Waals surface area contributed by atoms with Crippen molar-refractivity contribution in [3.05, 3.63) is 46.5 Å². The highest BCUT2D eigenvalue weighted by Gasteiger charge is 2.11. The van der Waals surface area contributed by atoms with Gasteiger partial charge in [-0.3, -0.25) is 4.68 Å². The summed E-state index contributed by atoms with van der Waals surface area (Å²) in [7, 11) is 0. The normalized spacial score (nSPS) is 10.4. The number of rotatable bonds is 4. The summed E-state index contributed by atoms with van der Waals surface area (Å²) in [6.45, 7) is 5.33. The van der Waals surface area contributed by atoms with Crippen LogP contribution >= 0.6 is 0 Å². The number of hydrogen-bond donors (Lipinski definition) is 1. The molecule has 2 rings (SSSR count). The number of nitrogens with zero attached hydrogens (tertiary/aromatic N) is 4. The molecule has 0 atom stereocenters. The Bertz CT molecular complexity index is 621. The molecule has 2 heterocycles. The van der Waals surface area contributed by atoms with Gasteiger partial charge in [-0.15, -0.1) is 0 Å². The molecule has 0 unspecified atom stereocenters. The summed E-state index contributed by atoms with van der Waals surface area (Å²) in [6.07, 6.45) is 2.50. The molecule has 0 aliphatic heterocycles. The summed E-state index contributed by atoms with van der Waals surface area (Å²) in [6, 6.07) is 5.74. The molecule has 19 heavy (non-hydrogen) atoms. The zero-order valence-electron chi connectivity index (χ0n) is 11.2. The Kier molecular flexibility index (Phi) is 3.93. The van der Waals surface area contributed by atoms with E-state index < -0.39 is 0 Å². The van der Waals surface area contributed by atoms with Crippen molar-refractivity contribution in [3.8, 4) is 6.07 Å². The minimum Gasteiger partial charge on any atom is -0.330 e. The largest absolute Gasteiger partial charge is 0.330 e. The maximum atomic E-state index is 8.85. The Balaban J connectivity index is 2.28. The average Bonchev–Trinajstić information content (AvgIpc) is 2.67. The first kappa shape index (κ1) is 13.2. The molecule has 0 aromatic carbocycles. The molecule has 0 aliphatic rings. The van der Waals surface area contributed by atoms with Crippen molar-refractivity contribution in [2.75, 3.05) is 6.54 Å². The van der Waals surface area contributed by atoms with Gasteiger partial charge in [-0.2, -0.15) is 10.4 Å². The Morgan fingerprint density at radius 1 is 1.42 bits per heavy atom. The van der Waals surface area contributed by atoms with E-state index in [1.807, 2.05) is 23.7 Å². The van der Waals surface area contributed by atoms with Gasteiger partial charge in [-0.05, 0) is 50.1 Å². The third-order valence-corrected chi connectivity index (χ3v) is 3.20. The van der Waals surface area contributed by atoms with Crippen LogP contribution < -0.4 is 5.73 Å². The lowest BCUT2D eigenvalue weighted by molar-refractivity contribution is 0.657. The molecule has 2 N–H and O–H groups in total. The fourth-order valence-corrected chi connectivity index (χ4v) is 2.20. The van der Waals surface area contributed by atoms with Crippen molar-refractivity contribution in [3.63, 3.8) is 0 Å². The SMILES string of the molecule is Cc1nn(Cc2ccnc(C#N)c2)c(C)c1CCN. The molecule has 2 aromatic rings. The summed E-state index contributed by atoms with van der Waals surface area (Å²) in [4.78, 5) is 3.97. The summed E-state index contributed by atoms with van der Waals surface area (Å²) < 4.78 is 1.96. The van der Waals surface area contributed by atoms with E-state index in [1.54, 1.807) is 12.3 Å². The predicted molar refractivity (Wildman–Crippen MR) is 72.5 cm³/mol. The standard InChI is InChI=1S/C14H17N5/c1-10-14(3-5-15)11(2)19(18-10)9-12-4-6-17-13(7-12)8-16/h4,6-7H,3,5,9,15H2,1-2H3. The van der Waals surface area contributed by atoms with Crippen LogP contribution in [0.25, 0.3) is 0 Å².